The average Bonchev–Trinajstić information content (AvgIpc) is 3.27. The van der Waals surface area contributed by atoms with Gasteiger partial charge in [-0.3, -0.25) is 14.5 Å². The number of likely N-dealkylation sites (tertiary alicyclic amines) is 2. The van der Waals surface area contributed by atoms with Gasteiger partial charge in [-0.05, 0) is 58.3 Å². The molecule has 2 amide bonds. The molecule has 2 atom stereocenters. The van der Waals surface area contributed by atoms with Crippen LogP contribution in [0.4, 0.5) is 0 Å². The van der Waals surface area contributed by atoms with Gasteiger partial charge in [-0.2, -0.15) is 0 Å². The van der Waals surface area contributed by atoms with Gasteiger partial charge in [-0.1, -0.05) is 0 Å². The molecule has 0 aromatic carbocycles. The molecule has 0 radical (unpaired) electrons. The molecule has 2 aliphatic rings. The molecule has 0 spiro atoms. The van der Waals surface area contributed by atoms with E-state index in [0.717, 1.165) is 25.4 Å². The number of furan rings is 1. The van der Waals surface area contributed by atoms with E-state index in [0.29, 0.717) is 13.0 Å². The summed E-state index contributed by atoms with van der Waals surface area (Å²) >= 11 is 0. The fourth-order valence-corrected chi connectivity index (χ4v) is 3.60. The highest BCUT2D eigenvalue weighted by atomic mass is 16.4. The summed E-state index contributed by atoms with van der Waals surface area (Å²) in [5.41, 5.74) is 6.00. The Labute approximate surface area is 148 Å². The molecule has 1 aromatic heterocycles. The van der Waals surface area contributed by atoms with Gasteiger partial charge in [0.1, 0.15) is 11.8 Å². The number of hydrogen-bond donors (Lipinski definition) is 2. The minimum absolute atomic E-state index is 0.0250. The van der Waals surface area contributed by atoms with Crippen molar-refractivity contribution in [3.05, 3.63) is 23.7 Å². The van der Waals surface area contributed by atoms with Gasteiger partial charge >= 0.3 is 0 Å². The summed E-state index contributed by atoms with van der Waals surface area (Å²) in [6.45, 7) is 7.04. The number of carbonyl (C=O) groups excluding carboxylic acids is 2. The molecule has 2 fully saturated rings. The molecule has 0 bridgehead atoms. The molecule has 3 heterocycles. The SMILES string of the molecule is CC(C)NC(=O)[C@@H]1C[C@@H](N)CN1C(=O)c1ccc(CN2CCCC2)o1. The highest BCUT2D eigenvalue weighted by molar-refractivity contribution is 5.96. The largest absolute Gasteiger partial charge is 0.455 e. The van der Waals surface area contributed by atoms with E-state index in [2.05, 4.69) is 10.2 Å². The third-order valence-corrected chi connectivity index (χ3v) is 4.78. The maximum atomic E-state index is 12.8. The van der Waals surface area contributed by atoms with Crippen molar-refractivity contribution in [3.8, 4) is 0 Å². The van der Waals surface area contributed by atoms with E-state index in [4.69, 9.17) is 10.2 Å². The Hall–Kier alpha value is -1.86. The molecular weight excluding hydrogens is 320 g/mol. The Morgan fingerprint density at radius 1 is 1.32 bits per heavy atom. The van der Waals surface area contributed by atoms with Crippen molar-refractivity contribution in [1.82, 2.24) is 15.1 Å². The smallest absolute Gasteiger partial charge is 0.290 e. The molecule has 138 valence electrons. The van der Waals surface area contributed by atoms with Crippen molar-refractivity contribution in [2.75, 3.05) is 19.6 Å². The van der Waals surface area contributed by atoms with Crippen molar-refractivity contribution in [2.24, 2.45) is 5.73 Å². The molecule has 2 aliphatic heterocycles. The van der Waals surface area contributed by atoms with Crippen LogP contribution in [0.15, 0.2) is 16.5 Å². The van der Waals surface area contributed by atoms with Gasteiger partial charge in [0.15, 0.2) is 5.76 Å². The number of rotatable bonds is 5. The second kappa shape index (κ2) is 7.58. The Morgan fingerprint density at radius 3 is 2.72 bits per heavy atom. The van der Waals surface area contributed by atoms with Crippen LogP contribution >= 0.6 is 0 Å². The standard InChI is InChI=1S/C18H28N4O3/c1-12(2)20-17(23)15-9-13(19)10-22(15)18(24)16-6-5-14(25-16)11-21-7-3-4-8-21/h5-6,12-13,15H,3-4,7-11,19H2,1-2H3,(H,20,23)/t13-,15+/m1/s1. The first-order chi connectivity index (χ1) is 11.9. The van der Waals surface area contributed by atoms with E-state index < -0.39 is 6.04 Å². The normalized spacial score (nSPS) is 24.2. The molecule has 25 heavy (non-hydrogen) atoms. The lowest BCUT2D eigenvalue weighted by atomic mass is 10.1. The number of nitrogens with one attached hydrogen (secondary N) is 1. The van der Waals surface area contributed by atoms with Crippen LogP contribution in [-0.4, -0.2) is 59.4 Å². The van der Waals surface area contributed by atoms with Crippen LogP contribution in [-0.2, 0) is 11.3 Å². The van der Waals surface area contributed by atoms with E-state index in [1.165, 1.54) is 12.8 Å². The van der Waals surface area contributed by atoms with Gasteiger partial charge in [-0.25, -0.2) is 0 Å². The fourth-order valence-electron chi connectivity index (χ4n) is 3.60. The van der Waals surface area contributed by atoms with Crippen LogP contribution in [0.3, 0.4) is 0 Å². The lowest BCUT2D eigenvalue weighted by Crippen LogP contribution is -2.47. The zero-order valence-electron chi connectivity index (χ0n) is 15.0. The number of carbonyl (C=O) groups is 2. The molecular formula is C18H28N4O3. The monoisotopic (exact) mass is 348 g/mol. The minimum atomic E-state index is -0.531. The summed E-state index contributed by atoms with van der Waals surface area (Å²) in [4.78, 5) is 29.1. The molecule has 2 saturated heterocycles. The van der Waals surface area contributed by atoms with Crippen LogP contribution < -0.4 is 11.1 Å². The molecule has 3 N–H and O–H groups in total. The highest BCUT2D eigenvalue weighted by Crippen LogP contribution is 2.22. The van der Waals surface area contributed by atoms with Crippen molar-refractivity contribution in [1.29, 1.82) is 0 Å². The van der Waals surface area contributed by atoms with Gasteiger partial charge in [-0.15, -0.1) is 0 Å². The van der Waals surface area contributed by atoms with Crippen LogP contribution in [0.1, 0.15) is 49.4 Å². The summed E-state index contributed by atoms with van der Waals surface area (Å²) < 4.78 is 5.76. The van der Waals surface area contributed by atoms with E-state index in [1.54, 1.807) is 11.0 Å². The summed E-state index contributed by atoms with van der Waals surface area (Å²) in [7, 11) is 0. The zero-order chi connectivity index (χ0) is 18.0. The average molecular weight is 348 g/mol. The Balaban J connectivity index is 1.68. The summed E-state index contributed by atoms with van der Waals surface area (Å²) in [6, 6.07) is 2.86. The lowest BCUT2D eigenvalue weighted by Gasteiger charge is -2.23. The fraction of sp³-hybridized carbons (Fsp3) is 0.667. The molecule has 0 unspecified atom stereocenters. The van der Waals surface area contributed by atoms with Crippen LogP contribution in [0.2, 0.25) is 0 Å². The molecule has 7 nitrogen and oxygen atoms in total. The van der Waals surface area contributed by atoms with E-state index in [-0.39, 0.29) is 29.7 Å². The van der Waals surface area contributed by atoms with Crippen molar-refractivity contribution in [3.63, 3.8) is 0 Å². The molecule has 7 heteroatoms. The first-order valence-electron chi connectivity index (χ1n) is 9.12. The van der Waals surface area contributed by atoms with Crippen LogP contribution in [0.25, 0.3) is 0 Å². The Kier molecular flexibility index (Phi) is 5.44. The second-order valence-corrected chi connectivity index (χ2v) is 7.38. The van der Waals surface area contributed by atoms with Crippen molar-refractivity contribution >= 4 is 11.8 Å². The van der Waals surface area contributed by atoms with E-state index in [9.17, 15) is 9.59 Å². The molecule has 0 aliphatic carbocycles. The predicted octanol–water partition coefficient (Wildman–Crippen LogP) is 0.942. The maximum Gasteiger partial charge on any atom is 0.290 e. The summed E-state index contributed by atoms with van der Waals surface area (Å²) in [5.74, 6) is 0.659. The third kappa shape index (κ3) is 4.22. The van der Waals surface area contributed by atoms with Crippen molar-refractivity contribution < 1.29 is 14.0 Å². The van der Waals surface area contributed by atoms with E-state index in [1.807, 2.05) is 19.9 Å². The Morgan fingerprint density at radius 2 is 2.04 bits per heavy atom. The Bertz CT molecular complexity index is 622. The molecule has 3 rings (SSSR count). The van der Waals surface area contributed by atoms with Gasteiger partial charge < -0.3 is 20.4 Å². The molecule has 1 aromatic rings. The maximum absolute atomic E-state index is 12.8. The number of hydrogen-bond acceptors (Lipinski definition) is 5. The van der Waals surface area contributed by atoms with E-state index >= 15 is 0 Å². The second-order valence-electron chi connectivity index (χ2n) is 7.38. The summed E-state index contributed by atoms with van der Waals surface area (Å²) in [6.07, 6.45) is 2.90. The highest BCUT2D eigenvalue weighted by Gasteiger charge is 2.39. The number of nitrogens with two attached hydrogens (primary N) is 1. The number of amides is 2. The van der Waals surface area contributed by atoms with Crippen molar-refractivity contribution in [2.45, 2.75) is 57.8 Å². The van der Waals surface area contributed by atoms with Gasteiger partial charge in [0.05, 0.1) is 6.54 Å². The quantitative estimate of drug-likeness (QED) is 0.826. The predicted molar refractivity (Wildman–Crippen MR) is 93.9 cm³/mol. The summed E-state index contributed by atoms with van der Waals surface area (Å²) in [5, 5.41) is 2.87. The van der Waals surface area contributed by atoms with Gasteiger partial charge in [0, 0.05) is 18.6 Å². The topological polar surface area (TPSA) is 91.8 Å². The first-order valence-corrected chi connectivity index (χ1v) is 9.12. The zero-order valence-corrected chi connectivity index (χ0v) is 15.0. The van der Waals surface area contributed by atoms with Crippen LogP contribution in [0.5, 0.6) is 0 Å². The van der Waals surface area contributed by atoms with Gasteiger partial charge in [0.25, 0.3) is 5.91 Å². The minimum Gasteiger partial charge on any atom is -0.455 e. The van der Waals surface area contributed by atoms with Crippen LogP contribution in [0, 0.1) is 0 Å². The first kappa shape index (κ1) is 17.9. The third-order valence-electron chi connectivity index (χ3n) is 4.78. The molecule has 0 saturated carbocycles. The lowest BCUT2D eigenvalue weighted by molar-refractivity contribution is -0.125. The van der Waals surface area contributed by atoms with Gasteiger partial charge in [0.2, 0.25) is 5.91 Å². The number of nitrogens with zero attached hydrogens (tertiary/aromatic N) is 2.